The Balaban J connectivity index is 1.97. The zero-order valence-electron chi connectivity index (χ0n) is 12.0. The Kier molecular flexibility index (Phi) is 4.56. The smallest absolute Gasteiger partial charge is 0.238 e. The average molecular weight is 261 g/mol. The Labute approximate surface area is 115 Å². The molecule has 0 saturated carbocycles. The Morgan fingerprint density at radius 3 is 2.74 bits per heavy atom. The van der Waals surface area contributed by atoms with E-state index in [2.05, 4.69) is 22.5 Å². The number of nitrogens with one attached hydrogen (secondary N) is 2. The van der Waals surface area contributed by atoms with E-state index in [-0.39, 0.29) is 5.91 Å². The first-order valence-electron chi connectivity index (χ1n) is 6.89. The van der Waals surface area contributed by atoms with E-state index < -0.39 is 0 Å². The fourth-order valence-corrected chi connectivity index (χ4v) is 2.49. The van der Waals surface area contributed by atoms with Crippen molar-refractivity contribution in [2.24, 2.45) is 0 Å². The maximum atomic E-state index is 12.2. The summed E-state index contributed by atoms with van der Waals surface area (Å²) in [6.07, 6.45) is 0. The minimum absolute atomic E-state index is 0.0751. The summed E-state index contributed by atoms with van der Waals surface area (Å²) in [6.45, 7) is 9.51. The summed E-state index contributed by atoms with van der Waals surface area (Å²) in [7, 11) is 0. The zero-order chi connectivity index (χ0) is 13.8. The van der Waals surface area contributed by atoms with Gasteiger partial charge in [-0.25, -0.2) is 0 Å². The molecule has 0 radical (unpaired) electrons. The highest BCUT2D eigenvalue weighted by molar-refractivity contribution is 5.93. The predicted molar refractivity (Wildman–Crippen MR) is 78.5 cm³/mol. The summed E-state index contributed by atoms with van der Waals surface area (Å²) in [5.74, 6) is 0.0751. The van der Waals surface area contributed by atoms with Crippen molar-refractivity contribution in [1.29, 1.82) is 0 Å². The first-order chi connectivity index (χ1) is 9.08. The maximum absolute atomic E-state index is 12.2. The Hall–Kier alpha value is -1.39. The van der Waals surface area contributed by atoms with Gasteiger partial charge >= 0.3 is 0 Å². The summed E-state index contributed by atoms with van der Waals surface area (Å²) < 4.78 is 0. The van der Waals surface area contributed by atoms with Gasteiger partial charge in [0.15, 0.2) is 0 Å². The second-order valence-electron chi connectivity index (χ2n) is 5.34. The molecule has 1 heterocycles. The van der Waals surface area contributed by atoms with E-state index in [4.69, 9.17) is 0 Å². The average Bonchev–Trinajstić information content (AvgIpc) is 2.37. The molecule has 4 heteroatoms. The molecule has 0 unspecified atom stereocenters. The SMILES string of the molecule is Cc1cccc(C)c1NC(=O)CN1CCNC[C@H]1C. The van der Waals surface area contributed by atoms with E-state index >= 15 is 0 Å². The van der Waals surface area contributed by atoms with Crippen molar-refractivity contribution >= 4 is 11.6 Å². The van der Waals surface area contributed by atoms with Crippen LogP contribution in [0, 0.1) is 13.8 Å². The third-order valence-corrected chi connectivity index (χ3v) is 3.73. The number of hydrogen-bond acceptors (Lipinski definition) is 3. The topological polar surface area (TPSA) is 44.4 Å². The molecular weight excluding hydrogens is 238 g/mol. The van der Waals surface area contributed by atoms with Gasteiger partial charge in [-0.15, -0.1) is 0 Å². The van der Waals surface area contributed by atoms with Crippen LogP contribution in [0.2, 0.25) is 0 Å². The second kappa shape index (κ2) is 6.17. The first kappa shape index (κ1) is 14.0. The van der Waals surface area contributed by atoms with Gasteiger partial charge < -0.3 is 10.6 Å². The molecule has 0 bridgehead atoms. The normalized spacial score (nSPS) is 20.3. The number of piperazine rings is 1. The molecule has 2 rings (SSSR count). The molecular formula is C15H23N3O. The third kappa shape index (κ3) is 3.55. The van der Waals surface area contributed by atoms with Crippen molar-refractivity contribution in [2.45, 2.75) is 26.8 Å². The number of carbonyl (C=O) groups is 1. The molecule has 104 valence electrons. The van der Waals surface area contributed by atoms with Crippen molar-refractivity contribution in [3.8, 4) is 0 Å². The summed E-state index contributed by atoms with van der Waals surface area (Å²) in [4.78, 5) is 14.4. The van der Waals surface area contributed by atoms with Crippen LogP contribution < -0.4 is 10.6 Å². The molecule has 1 aromatic carbocycles. The number of amides is 1. The molecule has 2 N–H and O–H groups in total. The lowest BCUT2D eigenvalue weighted by Crippen LogP contribution is -2.52. The van der Waals surface area contributed by atoms with E-state index in [9.17, 15) is 4.79 Å². The highest BCUT2D eigenvalue weighted by atomic mass is 16.2. The van der Waals surface area contributed by atoms with E-state index in [1.165, 1.54) is 0 Å². The standard InChI is InChI=1S/C15H23N3O/c1-11-5-4-6-12(2)15(11)17-14(19)10-18-8-7-16-9-13(18)3/h4-6,13,16H,7-10H2,1-3H3,(H,17,19)/t13-/m1/s1. The predicted octanol–water partition coefficient (Wildman–Crippen LogP) is 1.54. The molecule has 1 atom stereocenters. The molecule has 1 saturated heterocycles. The highest BCUT2D eigenvalue weighted by Gasteiger charge is 2.20. The lowest BCUT2D eigenvalue weighted by atomic mass is 10.1. The molecule has 4 nitrogen and oxygen atoms in total. The summed E-state index contributed by atoms with van der Waals surface area (Å²) in [6, 6.07) is 6.47. The molecule has 1 amide bonds. The van der Waals surface area contributed by atoms with Crippen molar-refractivity contribution in [3.05, 3.63) is 29.3 Å². The van der Waals surface area contributed by atoms with E-state index in [0.29, 0.717) is 12.6 Å². The zero-order valence-corrected chi connectivity index (χ0v) is 12.0. The monoisotopic (exact) mass is 261 g/mol. The number of carbonyl (C=O) groups excluding carboxylic acids is 1. The largest absolute Gasteiger partial charge is 0.324 e. The third-order valence-electron chi connectivity index (χ3n) is 3.73. The summed E-state index contributed by atoms with van der Waals surface area (Å²) in [5, 5.41) is 6.38. The van der Waals surface area contributed by atoms with Crippen LogP contribution in [-0.2, 0) is 4.79 Å². The van der Waals surface area contributed by atoms with Crippen LogP contribution in [-0.4, -0.2) is 43.0 Å². The van der Waals surface area contributed by atoms with Crippen LogP contribution in [0.5, 0.6) is 0 Å². The van der Waals surface area contributed by atoms with Crippen LogP contribution in [0.1, 0.15) is 18.1 Å². The van der Waals surface area contributed by atoms with Gasteiger partial charge in [-0.2, -0.15) is 0 Å². The number of benzene rings is 1. The van der Waals surface area contributed by atoms with Gasteiger partial charge in [0, 0.05) is 31.4 Å². The van der Waals surface area contributed by atoms with Crippen molar-refractivity contribution < 1.29 is 4.79 Å². The highest BCUT2D eigenvalue weighted by Crippen LogP contribution is 2.19. The van der Waals surface area contributed by atoms with Crippen molar-refractivity contribution in [2.75, 3.05) is 31.5 Å². The fourth-order valence-electron chi connectivity index (χ4n) is 2.49. The molecule has 1 aliphatic rings. The molecule has 0 aliphatic carbocycles. The van der Waals surface area contributed by atoms with E-state index in [0.717, 1.165) is 36.4 Å². The van der Waals surface area contributed by atoms with Crippen LogP contribution in [0.4, 0.5) is 5.69 Å². The van der Waals surface area contributed by atoms with Gasteiger partial charge in [0.25, 0.3) is 0 Å². The van der Waals surface area contributed by atoms with E-state index in [1.54, 1.807) is 0 Å². The second-order valence-corrected chi connectivity index (χ2v) is 5.34. The minimum atomic E-state index is 0.0751. The van der Waals surface area contributed by atoms with Crippen LogP contribution in [0.3, 0.4) is 0 Å². The number of aryl methyl sites for hydroxylation is 2. The van der Waals surface area contributed by atoms with Gasteiger partial charge in [0.05, 0.1) is 6.54 Å². The molecule has 19 heavy (non-hydrogen) atoms. The van der Waals surface area contributed by atoms with E-state index in [1.807, 2.05) is 32.0 Å². The van der Waals surface area contributed by atoms with Gasteiger partial charge in [0.2, 0.25) is 5.91 Å². The van der Waals surface area contributed by atoms with Crippen molar-refractivity contribution in [3.63, 3.8) is 0 Å². The number of nitrogens with zero attached hydrogens (tertiary/aromatic N) is 1. The number of rotatable bonds is 3. The Morgan fingerprint density at radius 1 is 1.42 bits per heavy atom. The van der Waals surface area contributed by atoms with Gasteiger partial charge in [-0.05, 0) is 31.9 Å². The van der Waals surface area contributed by atoms with Gasteiger partial charge in [-0.3, -0.25) is 9.69 Å². The Morgan fingerprint density at radius 2 is 2.11 bits per heavy atom. The van der Waals surface area contributed by atoms with Crippen LogP contribution in [0.25, 0.3) is 0 Å². The number of hydrogen-bond donors (Lipinski definition) is 2. The minimum Gasteiger partial charge on any atom is -0.324 e. The summed E-state index contributed by atoms with van der Waals surface area (Å²) >= 11 is 0. The molecule has 1 fully saturated rings. The molecule has 1 aromatic rings. The number of para-hydroxylation sites is 1. The lowest BCUT2D eigenvalue weighted by molar-refractivity contribution is -0.118. The first-order valence-corrected chi connectivity index (χ1v) is 6.89. The summed E-state index contributed by atoms with van der Waals surface area (Å²) in [5.41, 5.74) is 3.18. The van der Waals surface area contributed by atoms with Crippen molar-refractivity contribution in [1.82, 2.24) is 10.2 Å². The molecule has 1 aliphatic heterocycles. The van der Waals surface area contributed by atoms with Gasteiger partial charge in [-0.1, -0.05) is 18.2 Å². The maximum Gasteiger partial charge on any atom is 0.238 e. The Bertz CT molecular complexity index is 438. The fraction of sp³-hybridized carbons (Fsp3) is 0.533. The lowest BCUT2D eigenvalue weighted by Gasteiger charge is -2.33. The number of anilines is 1. The van der Waals surface area contributed by atoms with Crippen LogP contribution >= 0.6 is 0 Å². The van der Waals surface area contributed by atoms with Gasteiger partial charge in [0.1, 0.15) is 0 Å². The molecule has 0 aromatic heterocycles. The molecule has 0 spiro atoms. The van der Waals surface area contributed by atoms with Crippen LogP contribution in [0.15, 0.2) is 18.2 Å². The quantitative estimate of drug-likeness (QED) is 0.867.